The van der Waals surface area contributed by atoms with E-state index in [1.54, 1.807) is 12.2 Å². The van der Waals surface area contributed by atoms with Gasteiger partial charge in [-0.2, -0.15) is 0 Å². The van der Waals surface area contributed by atoms with Gasteiger partial charge < -0.3 is 0 Å². The first-order chi connectivity index (χ1) is 14.8. The number of hydrogen-bond donors (Lipinski definition) is 0. The van der Waals surface area contributed by atoms with Gasteiger partial charge in [-0.3, -0.25) is 0 Å². The second-order valence-electron chi connectivity index (χ2n) is 9.28. The Morgan fingerprint density at radius 2 is 0.800 bits per heavy atom. The first-order valence-electron chi connectivity index (χ1n) is 12.9. The van der Waals surface area contributed by atoms with Crippen LogP contribution >= 0.6 is 0 Å². The zero-order chi connectivity index (χ0) is 21.9. The molecule has 0 heterocycles. The summed E-state index contributed by atoms with van der Waals surface area (Å²) in [6.45, 7) is 4.49. The van der Waals surface area contributed by atoms with E-state index in [1.807, 2.05) is 0 Å². The Morgan fingerprint density at radius 1 is 0.500 bits per heavy atom. The molecule has 4 nitrogen and oxygen atoms in total. The molecule has 172 valence electrons. The van der Waals surface area contributed by atoms with Crippen LogP contribution in [0.5, 0.6) is 0 Å². The van der Waals surface area contributed by atoms with Crippen LogP contribution in [0.3, 0.4) is 0 Å². The van der Waals surface area contributed by atoms with Crippen molar-refractivity contribution >= 4 is 12.2 Å². The van der Waals surface area contributed by atoms with Crippen molar-refractivity contribution in [3.8, 4) is 0 Å². The summed E-state index contributed by atoms with van der Waals surface area (Å²) in [5.74, 6) is 0.457. The van der Waals surface area contributed by atoms with E-state index < -0.39 is 0 Å². The van der Waals surface area contributed by atoms with Gasteiger partial charge in [0.2, 0.25) is 12.2 Å². The molecule has 0 N–H and O–H groups in total. The van der Waals surface area contributed by atoms with Gasteiger partial charge in [-0.1, -0.05) is 117 Å². The monoisotopic (exact) mass is 418 g/mol. The molecule has 1 saturated carbocycles. The maximum Gasteiger partial charge on any atom is 0.235 e. The quantitative estimate of drug-likeness (QED) is 0.115. The van der Waals surface area contributed by atoms with Crippen LogP contribution in [0.2, 0.25) is 0 Å². The maximum atomic E-state index is 11.0. The molecule has 0 radical (unpaired) electrons. The largest absolute Gasteiger partial charge is 0.235 e. The second-order valence-corrected chi connectivity index (χ2v) is 9.28. The van der Waals surface area contributed by atoms with Crippen molar-refractivity contribution in [3.63, 3.8) is 0 Å². The second kappa shape index (κ2) is 18.5. The van der Waals surface area contributed by atoms with Gasteiger partial charge >= 0.3 is 0 Å². The molecule has 0 unspecified atom stereocenters. The molecule has 0 amide bonds. The Morgan fingerprint density at radius 3 is 1.10 bits per heavy atom. The highest BCUT2D eigenvalue weighted by atomic mass is 16.1. The van der Waals surface area contributed by atoms with Crippen LogP contribution in [-0.2, 0) is 9.59 Å². The summed E-state index contributed by atoms with van der Waals surface area (Å²) in [6.07, 6.45) is 26.2. The van der Waals surface area contributed by atoms with E-state index >= 15 is 0 Å². The molecule has 1 fully saturated rings. The normalized spacial score (nSPS) is 22.7. The van der Waals surface area contributed by atoms with Crippen LogP contribution in [0.4, 0.5) is 0 Å². The predicted octanol–water partition coefficient (Wildman–Crippen LogP) is 7.70. The number of carbonyl (C=O) groups excluding carboxylic acids is 2. The van der Waals surface area contributed by atoms with E-state index in [9.17, 15) is 9.59 Å². The highest BCUT2D eigenvalue weighted by Crippen LogP contribution is 2.45. The van der Waals surface area contributed by atoms with Crippen LogP contribution < -0.4 is 0 Å². The van der Waals surface area contributed by atoms with Crippen LogP contribution in [0, 0.1) is 11.8 Å². The average Bonchev–Trinajstić information content (AvgIpc) is 2.75. The van der Waals surface area contributed by atoms with Crippen molar-refractivity contribution in [1.29, 1.82) is 0 Å². The SMILES string of the molecule is CCCCCCCCCCC1C(N=C=O)C(CCCCCCCCCC)C1N=C=O. The highest BCUT2D eigenvalue weighted by molar-refractivity contribution is 5.37. The number of isocyanates is 2. The first kappa shape index (κ1) is 26.8. The summed E-state index contributed by atoms with van der Waals surface area (Å²) in [7, 11) is 0. The molecule has 4 heteroatoms. The minimum Gasteiger partial charge on any atom is -0.211 e. The lowest BCUT2D eigenvalue weighted by molar-refractivity contribution is 0.0851. The van der Waals surface area contributed by atoms with Gasteiger partial charge in [0.15, 0.2) is 0 Å². The Hall–Kier alpha value is -1.24. The van der Waals surface area contributed by atoms with Crippen molar-refractivity contribution in [1.82, 2.24) is 0 Å². The van der Waals surface area contributed by atoms with Crippen LogP contribution in [0.1, 0.15) is 129 Å². The summed E-state index contributed by atoms with van der Waals surface area (Å²) in [5, 5.41) is 0. The Balaban J connectivity index is 2.31. The molecule has 30 heavy (non-hydrogen) atoms. The number of unbranched alkanes of at least 4 members (excludes halogenated alkanes) is 14. The third-order valence-corrected chi connectivity index (χ3v) is 6.94. The van der Waals surface area contributed by atoms with Crippen LogP contribution in [-0.4, -0.2) is 24.2 Å². The fourth-order valence-electron chi connectivity index (χ4n) is 5.11. The zero-order valence-corrected chi connectivity index (χ0v) is 19.7. The van der Waals surface area contributed by atoms with Crippen molar-refractivity contribution in [2.75, 3.05) is 0 Å². The molecule has 0 aliphatic heterocycles. The van der Waals surface area contributed by atoms with Gasteiger partial charge in [0.25, 0.3) is 0 Å². The summed E-state index contributed by atoms with van der Waals surface area (Å²) in [4.78, 5) is 30.2. The van der Waals surface area contributed by atoms with Crippen molar-refractivity contribution in [2.24, 2.45) is 21.8 Å². The Bertz CT molecular complexity index is 455. The molecule has 1 rings (SSSR count). The predicted molar refractivity (Wildman–Crippen MR) is 125 cm³/mol. The molecule has 1 aliphatic carbocycles. The van der Waals surface area contributed by atoms with E-state index in [4.69, 9.17) is 0 Å². The molecule has 0 bridgehead atoms. The molecule has 0 atom stereocenters. The van der Waals surface area contributed by atoms with Gasteiger partial charge in [0.1, 0.15) is 0 Å². The zero-order valence-electron chi connectivity index (χ0n) is 19.7. The number of hydrogen-bond acceptors (Lipinski definition) is 4. The van der Waals surface area contributed by atoms with Crippen molar-refractivity contribution in [3.05, 3.63) is 0 Å². The van der Waals surface area contributed by atoms with Gasteiger partial charge in [-0.15, -0.1) is 0 Å². The number of nitrogens with zero attached hydrogens (tertiary/aromatic N) is 2. The van der Waals surface area contributed by atoms with Crippen molar-refractivity contribution < 1.29 is 9.59 Å². The Labute approximate surface area is 185 Å². The lowest BCUT2D eigenvalue weighted by atomic mass is 9.62. The van der Waals surface area contributed by atoms with E-state index in [2.05, 4.69) is 23.8 Å². The fraction of sp³-hybridized carbons (Fsp3) is 0.923. The summed E-state index contributed by atoms with van der Waals surface area (Å²) in [6, 6.07) is 0.0254. The highest BCUT2D eigenvalue weighted by Gasteiger charge is 2.49. The first-order valence-corrected chi connectivity index (χ1v) is 12.9. The number of aliphatic imine (C=N–C) groups is 2. The lowest BCUT2D eigenvalue weighted by Gasteiger charge is -2.47. The van der Waals surface area contributed by atoms with Gasteiger partial charge in [-0.05, 0) is 12.8 Å². The van der Waals surface area contributed by atoms with Crippen LogP contribution in [0.25, 0.3) is 0 Å². The molecular weight excluding hydrogens is 372 g/mol. The lowest BCUT2D eigenvalue weighted by Crippen LogP contribution is -2.53. The molecule has 0 aromatic heterocycles. The fourth-order valence-corrected chi connectivity index (χ4v) is 5.11. The van der Waals surface area contributed by atoms with Gasteiger partial charge in [0, 0.05) is 11.8 Å². The molecule has 1 aliphatic rings. The van der Waals surface area contributed by atoms with Gasteiger partial charge in [-0.25, -0.2) is 19.6 Å². The summed E-state index contributed by atoms with van der Waals surface area (Å²) in [5.41, 5.74) is 0. The van der Waals surface area contributed by atoms with E-state index in [1.165, 1.54) is 89.9 Å². The standard InChI is InChI=1S/C26H46N2O2/c1-3-5-7-9-11-13-15-17-19-23-25(27-21-29)24(26(23)28-22-30)20-18-16-14-12-10-8-6-4-2/h23-26H,3-20H2,1-2H3. The minimum atomic E-state index is 0.0127. The molecule has 0 aromatic rings. The molecule has 0 aromatic carbocycles. The molecule has 0 spiro atoms. The van der Waals surface area contributed by atoms with Crippen LogP contribution in [0.15, 0.2) is 9.98 Å². The summed E-state index contributed by atoms with van der Waals surface area (Å²) >= 11 is 0. The smallest absolute Gasteiger partial charge is 0.211 e. The third kappa shape index (κ3) is 10.7. The number of rotatable bonds is 20. The van der Waals surface area contributed by atoms with E-state index in [0.717, 1.165) is 25.7 Å². The Kier molecular flexibility index (Phi) is 16.5. The minimum absolute atomic E-state index is 0.0127. The topological polar surface area (TPSA) is 58.9 Å². The maximum absolute atomic E-state index is 11.0. The van der Waals surface area contributed by atoms with Crippen molar-refractivity contribution in [2.45, 2.75) is 142 Å². The molecular formula is C26H46N2O2. The third-order valence-electron chi connectivity index (χ3n) is 6.94. The average molecular weight is 419 g/mol. The van der Waals surface area contributed by atoms with E-state index in [-0.39, 0.29) is 23.9 Å². The van der Waals surface area contributed by atoms with E-state index in [0.29, 0.717) is 0 Å². The summed E-state index contributed by atoms with van der Waals surface area (Å²) < 4.78 is 0. The molecule has 0 saturated heterocycles. The van der Waals surface area contributed by atoms with Gasteiger partial charge in [0.05, 0.1) is 12.1 Å².